The molecule has 0 aromatic heterocycles. The van der Waals surface area contributed by atoms with E-state index in [9.17, 15) is 5.11 Å². The van der Waals surface area contributed by atoms with E-state index in [4.69, 9.17) is 47.4 Å². The van der Waals surface area contributed by atoms with E-state index in [0.29, 0.717) is 6.61 Å². The van der Waals surface area contributed by atoms with Gasteiger partial charge in [0.05, 0.1) is 59.5 Å². The van der Waals surface area contributed by atoms with Crippen molar-refractivity contribution in [3.63, 3.8) is 0 Å². The molecule has 2 heterocycles. The number of ether oxygens (including phenoxy) is 10. The van der Waals surface area contributed by atoms with Crippen LogP contribution in [-0.2, 0) is 93.6 Å². The minimum atomic E-state index is -1.41. The lowest BCUT2D eigenvalue weighted by molar-refractivity contribution is -0.349. The Morgan fingerprint density at radius 3 is 0.917 bits per heavy atom. The van der Waals surface area contributed by atoms with E-state index >= 15 is 0 Å². The van der Waals surface area contributed by atoms with E-state index in [1.165, 1.54) is 0 Å². The van der Waals surface area contributed by atoms with Crippen LogP contribution in [0.1, 0.15) is 38.9 Å². The van der Waals surface area contributed by atoms with Crippen LogP contribution in [0.25, 0.3) is 0 Å². The summed E-state index contributed by atoms with van der Waals surface area (Å²) in [6.07, 6.45) is -8.74. The molecule has 2 unspecified atom stereocenters. The first-order valence-electron chi connectivity index (χ1n) is 24.8. The smallest absolute Gasteiger partial charge is 0.187 e. The summed E-state index contributed by atoms with van der Waals surface area (Å²) in [5.74, 6) is 0. The van der Waals surface area contributed by atoms with E-state index in [-0.39, 0.29) is 52.9 Å². The summed E-state index contributed by atoms with van der Waals surface area (Å²) in [5, 5.41) is 12.0. The van der Waals surface area contributed by atoms with Gasteiger partial charge in [-0.05, 0) is 38.9 Å². The fraction of sp³-hybridized carbons (Fsp3) is 0.311. The van der Waals surface area contributed by atoms with Crippen LogP contribution in [0.4, 0.5) is 0 Å². The molecule has 10 atom stereocenters. The molecule has 0 bridgehead atoms. The highest BCUT2D eigenvalue weighted by molar-refractivity contribution is 5.19. The Labute approximate surface area is 423 Å². The Kier molecular flexibility index (Phi) is 19.3. The Balaban J connectivity index is 1.04. The van der Waals surface area contributed by atoms with Gasteiger partial charge >= 0.3 is 0 Å². The second-order valence-corrected chi connectivity index (χ2v) is 18.0. The molecule has 11 nitrogen and oxygen atoms in total. The summed E-state index contributed by atoms with van der Waals surface area (Å²) in [5.41, 5.74) is 6.80. The summed E-state index contributed by atoms with van der Waals surface area (Å²) in [6, 6.07) is 69.7. The molecule has 2 aliphatic heterocycles. The lowest BCUT2D eigenvalue weighted by Crippen LogP contribution is -2.63. The topological polar surface area (TPSA) is 113 Å². The average molecular weight is 973 g/mol. The Bertz CT molecular complexity index is 2550. The minimum absolute atomic E-state index is 0.0957. The number of benzene rings is 7. The van der Waals surface area contributed by atoms with Crippen LogP contribution < -0.4 is 0 Å². The van der Waals surface area contributed by atoms with E-state index in [1.807, 2.05) is 212 Å². The molecule has 0 amide bonds. The molecule has 374 valence electrons. The van der Waals surface area contributed by atoms with Gasteiger partial charge in [-0.2, -0.15) is 0 Å². The quantitative estimate of drug-likeness (QED) is 0.0591. The molecule has 0 saturated carbocycles. The van der Waals surface area contributed by atoms with Crippen molar-refractivity contribution in [3.05, 3.63) is 251 Å². The maximum absolute atomic E-state index is 12.0. The average Bonchev–Trinajstić information content (AvgIpc) is 3.44. The van der Waals surface area contributed by atoms with Crippen LogP contribution in [0.3, 0.4) is 0 Å². The second kappa shape index (κ2) is 27.2. The van der Waals surface area contributed by atoms with Crippen LogP contribution in [-0.4, -0.2) is 79.7 Å². The molecule has 1 N–H and O–H groups in total. The molecular weight excluding hydrogens is 909 g/mol. The molecule has 2 aliphatic rings. The van der Waals surface area contributed by atoms with E-state index < -0.39 is 61.4 Å². The third-order valence-corrected chi connectivity index (χ3v) is 12.7. The van der Waals surface area contributed by atoms with Gasteiger partial charge in [0, 0.05) is 0 Å². The molecule has 0 aliphatic carbocycles. The third-order valence-electron chi connectivity index (χ3n) is 12.7. The Morgan fingerprint density at radius 2 is 0.556 bits per heavy atom. The molecular formula is C61H64O11. The molecule has 7 aromatic rings. The second-order valence-electron chi connectivity index (χ2n) is 18.0. The standard InChI is InChI=1S/C61H64O11/c62-60-58(68-41-50-32-18-6-19-33-50)56(66-39-48-28-14-4-15-29-48)55(65-38-47-26-12-3-13-27-47)53(71-60)44-70-61-59(69-42-51-34-20-7-21-35-51)57(67-40-49-30-16-5-17-31-49)54(64-37-46-24-10-2-11-25-46)52(72-61)43-63-36-45-22-8-1-9-23-45/h1-35,52-62H,36-44H2/t52-,53-,54-,55-,56+,57+,58-,59-,60?,61?/m1/s1. The largest absolute Gasteiger partial charge is 0.374 e. The van der Waals surface area contributed by atoms with Crippen LogP contribution >= 0.6 is 0 Å². The van der Waals surface area contributed by atoms with E-state index in [0.717, 1.165) is 38.9 Å². The molecule has 0 radical (unpaired) electrons. The van der Waals surface area contributed by atoms with Gasteiger partial charge in [-0.25, -0.2) is 0 Å². The van der Waals surface area contributed by atoms with Crippen molar-refractivity contribution in [2.75, 3.05) is 13.2 Å². The fourth-order valence-corrected chi connectivity index (χ4v) is 8.97. The van der Waals surface area contributed by atoms with Gasteiger partial charge < -0.3 is 52.5 Å². The summed E-state index contributed by atoms with van der Waals surface area (Å²) < 4.78 is 67.9. The normalized spacial score (nSPS) is 24.2. The van der Waals surface area contributed by atoms with Crippen molar-refractivity contribution >= 4 is 0 Å². The van der Waals surface area contributed by atoms with Gasteiger partial charge in [-0.15, -0.1) is 0 Å². The third kappa shape index (κ3) is 14.8. The molecule has 11 heteroatoms. The molecule has 72 heavy (non-hydrogen) atoms. The zero-order chi connectivity index (χ0) is 49.0. The molecule has 7 aromatic carbocycles. The van der Waals surface area contributed by atoms with Crippen LogP contribution in [0, 0.1) is 0 Å². The van der Waals surface area contributed by atoms with Gasteiger partial charge in [0.25, 0.3) is 0 Å². The summed E-state index contributed by atoms with van der Waals surface area (Å²) >= 11 is 0. The van der Waals surface area contributed by atoms with Crippen molar-refractivity contribution in [3.8, 4) is 0 Å². The SMILES string of the molecule is OC1O[C@H](COC2O[C@H](COCc3ccccc3)[C@@H](OCc3ccccc3)[C@H](OCc3ccccc3)[C@H]2OCc2ccccc2)[C@@H](OCc2ccccc2)[C@H](OCc2ccccc2)[C@H]1OCc1ccccc1. The van der Waals surface area contributed by atoms with Crippen molar-refractivity contribution in [2.24, 2.45) is 0 Å². The van der Waals surface area contributed by atoms with Gasteiger partial charge in [0.2, 0.25) is 0 Å². The fourth-order valence-electron chi connectivity index (χ4n) is 8.97. The first kappa shape index (κ1) is 51.0. The number of aliphatic hydroxyl groups excluding tert-OH is 1. The summed E-state index contributed by atoms with van der Waals surface area (Å²) in [7, 11) is 0. The number of aliphatic hydroxyl groups is 1. The summed E-state index contributed by atoms with van der Waals surface area (Å²) in [6.45, 7) is 1.89. The predicted octanol–water partition coefficient (Wildman–Crippen LogP) is 10.2. The zero-order valence-electron chi connectivity index (χ0n) is 40.4. The number of hydrogen-bond donors (Lipinski definition) is 1. The lowest BCUT2D eigenvalue weighted by Gasteiger charge is -2.47. The van der Waals surface area contributed by atoms with Crippen molar-refractivity contribution < 1.29 is 52.5 Å². The maximum Gasteiger partial charge on any atom is 0.187 e. The highest BCUT2D eigenvalue weighted by Gasteiger charge is 2.52. The monoisotopic (exact) mass is 972 g/mol. The van der Waals surface area contributed by atoms with Crippen molar-refractivity contribution in [2.45, 2.75) is 108 Å². The molecule has 2 saturated heterocycles. The van der Waals surface area contributed by atoms with E-state index in [2.05, 4.69) is 0 Å². The molecule has 9 rings (SSSR count). The lowest BCUT2D eigenvalue weighted by atomic mass is 9.97. The van der Waals surface area contributed by atoms with Crippen LogP contribution in [0.2, 0.25) is 0 Å². The predicted molar refractivity (Wildman–Crippen MR) is 272 cm³/mol. The van der Waals surface area contributed by atoms with Crippen molar-refractivity contribution in [1.82, 2.24) is 0 Å². The highest BCUT2D eigenvalue weighted by atomic mass is 16.7. The van der Waals surface area contributed by atoms with Gasteiger partial charge in [-0.3, -0.25) is 0 Å². The maximum atomic E-state index is 12.0. The van der Waals surface area contributed by atoms with Crippen molar-refractivity contribution in [1.29, 1.82) is 0 Å². The van der Waals surface area contributed by atoms with Crippen LogP contribution in [0.5, 0.6) is 0 Å². The highest BCUT2D eigenvalue weighted by Crippen LogP contribution is 2.34. The first-order chi connectivity index (χ1) is 35.6. The minimum Gasteiger partial charge on any atom is -0.374 e. The summed E-state index contributed by atoms with van der Waals surface area (Å²) in [4.78, 5) is 0. The molecule has 2 fully saturated rings. The van der Waals surface area contributed by atoms with Gasteiger partial charge in [-0.1, -0.05) is 212 Å². The number of hydrogen-bond acceptors (Lipinski definition) is 11. The van der Waals surface area contributed by atoms with Crippen LogP contribution in [0.15, 0.2) is 212 Å². The van der Waals surface area contributed by atoms with E-state index in [1.54, 1.807) is 0 Å². The number of rotatable bonds is 25. The zero-order valence-corrected chi connectivity index (χ0v) is 40.4. The Morgan fingerprint density at radius 1 is 0.278 bits per heavy atom. The van der Waals surface area contributed by atoms with Gasteiger partial charge in [0.15, 0.2) is 12.6 Å². The Hall–Kier alpha value is -5.90. The molecule has 0 spiro atoms. The van der Waals surface area contributed by atoms with Gasteiger partial charge in [0.1, 0.15) is 48.8 Å². The first-order valence-corrected chi connectivity index (χ1v) is 24.8.